The molecule has 0 N–H and O–H groups in total. The molecule has 1 saturated heterocycles. The van der Waals surface area contributed by atoms with Crippen molar-refractivity contribution in [3.05, 3.63) is 71.5 Å². The van der Waals surface area contributed by atoms with Gasteiger partial charge in [-0.25, -0.2) is 9.18 Å². The monoisotopic (exact) mass is 340 g/mol. The molecule has 1 aliphatic rings. The van der Waals surface area contributed by atoms with Gasteiger partial charge in [-0.2, -0.15) is 0 Å². The number of imide groups is 1. The molecule has 1 unspecified atom stereocenters. The molecule has 130 valence electrons. The van der Waals surface area contributed by atoms with Gasteiger partial charge in [-0.15, -0.1) is 0 Å². The Balaban J connectivity index is 2.02. The minimum absolute atomic E-state index is 0.278. The molecule has 1 atom stereocenters. The van der Waals surface area contributed by atoms with Crippen LogP contribution in [0.15, 0.2) is 54.6 Å². The molecule has 1 aliphatic heterocycles. The molecule has 4 nitrogen and oxygen atoms in total. The average molecular weight is 340 g/mol. The Bertz CT molecular complexity index is 782. The van der Waals surface area contributed by atoms with Crippen LogP contribution in [0.1, 0.15) is 37.9 Å². The summed E-state index contributed by atoms with van der Waals surface area (Å²) >= 11 is 0. The van der Waals surface area contributed by atoms with Gasteiger partial charge in [-0.05, 0) is 44.0 Å². The van der Waals surface area contributed by atoms with Crippen LogP contribution in [0, 0.1) is 5.82 Å². The van der Waals surface area contributed by atoms with Crippen molar-refractivity contribution in [3.8, 4) is 0 Å². The highest BCUT2D eigenvalue weighted by Crippen LogP contribution is 2.36. The van der Waals surface area contributed by atoms with Crippen molar-refractivity contribution in [3.63, 3.8) is 0 Å². The van der Waals surface area contributed by atoms with Gasteiger partial charge in [-0.3, -0.25) is 9.69 Å². The maximum Gasteiger partial charge on any atom is 0.328 e. The molecule has 1 fully saturated rings. The number of rotatable bonds is 3. The lowest BCUT2D eigenvalue weighted by molar-refractivity contribution is -0.131. The fraction of sp³-hybridized carbons (Fsp3) is 0.300. The van der Waals surface area contributed by atoms with E-state index in [1.165, 1.54) is 17.0 Å². The lowest BCUT2D eigenvalue weighted by Crippen LogP contribution is -2.46. The third kappa shape index (κ3) is 3.27. The van der Waals surface area contributed by atoms with E-state index in [0.717, 1.165) is 5.56 Å². The van der Waals surface area contributed by atoms with Crippen LogP contribution in [0.25, 0.3) is 0 Å². The zero-order valence-electron chi connectivity index (χ0n) is 14.6. The molecule has 0 spiro atoms. The normalized spacial score (nSPS) is 18.2. The van der Waals surface area contributed by atoms with Crippen molar-refractivity contribution in [2.24, 2.45) is 0 Å². The smallest absolute Gasteiger partial charge is 0.304 e. The zero-order valence-corrected chi connectivity index (χ0v) is 14.6. The summed E-state index contributed by atoms with van der Waals surface area (Å²) < 4.78 is 13.3. The highest BCUT2D eigenvalue weighted by molar-refractivity contribution is 6.05. The van der Waals surface area contributed by atoms with E-state index in [0.29, 0.717) is 12.1 Å². The third-order valence-electron chi connectivity index (χ3n) is 4.26. The van der Waals surface area contributed by atoms with E-state index in [9.17, 15) is 14.0 Å². The van der Waals surface area contributed by atoms with Crippen LogP contribution < -0.4 is 0 Å². The van der Waals surface area contributed by atoms with Crippen molar-refractivity contribution in [2.45, 2.75) is 38.9 Å². The number of urea groups is 1. The van der Waals surface area contributed by atoms with Crippen LogP contribution in [-0.2, 0) is 11.3 Å². The number of carbonyl (C=O) groups excluding carboxylic acids is 2. The van der Waals surface area contributed by atoms with Gasteiger partial charge in [0.05, 0.1) is 0 Å². The summed E-state index contributed by atoms with van der Waals surface area (Å²) in [5.74, 6) is -0.650. The molecule has 0 bridgehead atoms. The molecular weight excluding hydrogens is 319 g/mol. The molecule has 0 aromatic heterocycles. The van der Waals surface area contributed by atoms with Crippen LogP contribution >= 0.6 is 0 Å². The van der Waals surface area contributed by atoms with E-state index in [4.69, 9.17) is 0 Å². The van der Waals surface area contributed by atoms with Crippen molar-refractivity contribution >= 4 is 11.9 Å². The average Bonchev–Trinajstić information content (AvgIpc) is 2.80. The fourth-order valence-corrected chi connectivity index (χ4v) is 3.11. The highest BCUT2D eigenvalue weighted by atomic mass is 19.1. The van der Waals surface area contributed by atoms with Crippen molar-refractivity contribution in [1.29, 1.82) is 0 Å². The second kappa shape index (κ2) is 6.31. The fourth-order valence-electron chi connectivity index (χ4n) is 3.11. The van der Waals surface area contributed by atoms with E-state index in [2.05, 4.69) is 0 Å². The Morgan fingerprint density at radius 2 is 1.56 bits per heavy atom. The van der Waals surface area contributed by atoms with E-state index in [1.54, 1.807) is 17.0 Å². The van der Waals surface area contributed by atoms with Crippen LogP contribution in [0.5, 0.6) is 0 Å². The summed E-state index contributed by atoms with van der Waals surface area (Å²) in [5, 5.41) is 0. The first kappa shape index (κ1) is 17.1. The Labute approximate surface area is 146 Å². The second-order valence-electron chi connectivity index (χ2n) is 7.19. The number of halogens is 1. The molecule has 1 heterocycles. The van der Waals surface area contributed by atoms with Crippen LogP contribution in [0.4, 0.5) is 9.18 Å². The summed E-state index contributed by atoms with van der Waals surface area (Å²) in [6.45, 7) is 5.81. The summed E-state index contributed by atoms with van der Waals surface area (Å²) in [5.41, 5.74) is 0.923. The minimum atomic E-state index is -0.743. The molecule has 5 heteroatoms. The van der Waals surface area contributed by atoms with Gasteiger partial charge < -0.3 is 4.90 Å². The van der Waals surface area contributed by atoms with E-state index in [1.807, 2.05) is 51.1 Å². The molecule has 2 aromatic rings. The first-order valence-electron chi connectivity index (χ1n) is 8.23. The van der Waals surface area contributed by atoms with E-state index < -0.39 is 11.6 Å². The van der Waals surface area contributed by atoms with Gasteiger partial charge in [0.15, 0.2) is 0 Å². The lowest BCUT2D eigenvalue weighted by Gasteiger charge is -2.29. The Kier molecular flexibility index (Phi) is 4.33. The Morgan fingerprint density at radius 3 is 2.12 bits per heavy atom. The number of benzene rings is 2. The number of hydrogen-bond donors (Lipinski definition) is 0. The molecule has 0 saturated carbocycles. The van der Waals surface area contributed by atoms with Crippen molar-refractivity contribution in [2.75, 3.05) is 0 Å². The number of amides is 3. The van der Waals surface area contributed by atoms with Gasteiger partial charge in [0, 0.05) is 12.1 Å². The molecule has 25 heavy (non-hydrogen) atoms. The lowest BCUT2D eigenvalue weighted by atomic mass is 10.0. The van der Waals surface area contributed by atoms with Gasteiger partial charge in [-0.1, -0.05) is 42.5 Å². The summed E-state index contributed by atoms with van der Waals surface area (Å²) in [6.07, 6.45) is 0. The Morgan fingerprint density at radius 1 is 0.960 bits per heavy atom. The second-order valence-corrected chi connectivity index (χ2v) is 7.19. The maximum absolute atomic E-state index is 13.3. The highest BCUT2D eigenvalue weighted by Gasteiger charge is 2.49. The summed E-state index contributed by atoms with van der Waals surface area (Å²) in [6, 6.07) is 14.2. The molecule has 3 rings (SSSR count). The third-order valence-corrected chi connectivity index (χ3v) is 4.26. The van der Waals surface area contributed by atoms with E-state index >= 15 is 0 Å². The van der Waals surface area contributed by atoms with Crippen molar-refractivity contribution < 1.29 is 14.0 Å². The molecule has 3 amide bonds. The van der Waals surface area contributed by atoms with Crippen LogP contribution in [0.3, 0.4) is 0 Å². The standard InChI is InChI=1S/C20H21FN2O2/c1-20(2,3)23-18(24)17(15-9-11-16(21)12-10-15)22(19(23)25)13-14-7-5-4-6-8-14/h4-12,17H,13H2,1-3H3. The van der Waals surface area contributed by atoms with Gasteiger partial charge in [0.25, 0.3) is 5.91 Å². The Hall–Kier alpha value is -2.69. The van der Waals surface area contributed by atoms with Crippen LogP contribution in [0.2, 0.25) is 0 Å². The number of nitrogens with zero attached hydrogens (tertiary/aromatic N) is 2. The predicted molar refractivity (Wildman–Crippen MR) is 93.1 cm³/mol. The molecule has 0 aliphatic carbocycles. The first-order chi connectivity index (χ1) is 11.8. The van der Waals surface area contributed by atoms with Crippen LogP contribution in [-0.4, -0.2) is 27.3 Å². The van der Waals surface area contributed by atoms with Crippen molar-refractivity contribution in [1.82, 2.24) is 9.80 Å². The summed E-state index contributed by atoms with van der Waals surface area (Å²) in [7, 11) is 0. The molecule has 2 aromatic carbocycles. The zero-order chi connectivity index (χ0) is 18.2. The summed E-state index contributed by atoms with van der Waals surface area (Å²) in [4.78, 5) is 28.8. The number of hydrogen-bond acceptors (Lipinski definition) is 2. The number of carbonyl (C=O) groups is 2. The maximum atomic E-state index is 13.3. The van der Waals surface area contributed by atoms with Gasteiger partial charge in [0.1, 0.15) is 11.9 Å². The van der Waals surface area contributed by atoms with Gasteiger partial charge in [0.2, 0.25) is 0 Å². The first-order valence-corrected chi connectivity index (χ1v) is 8.23. The predicted octanol–water partition coefficient (Wildman–Crippen LogP) is 4.13. The molecular formula is C20H21FN2O2. The quantitative estimate of drug-likeness (QED) is 0.788. The van der Waals surface area contributed by atoms with E-state index in [-0.39, 0.29) is 17.8 Å². The largest absolute Gasteiger partial charge is 0.328 e. The topological polar surface area (TPSA) is 40.6 Å². The SMILES string of the molecule is CC(C)(C)N1C(=O)C(c2ccc(F)cc2)N(Cc2ccccc2)C1=O. The minimum Gasteiger partial charge on any atom is -0.304 e. The van der Waals surface area contributed by atoms with Gasteiger partial charge >= 0.3 is 6.03 Å². The molecule has 0 radical (unpaired) electrons.